The van der Waals surface area contributed by atoms with E-state index in [-0.39, 0.29) is 5.75 Å². The number of rotatable bonds is 11. The zero-order valence-corrected chi connectivity index (χ0v) is 16.9. The molecule has 3 heteroatoms. The van der Waals surface area contributed by atoms with E-state index in [1.165, 1.54) is 37.7 Å². The molecule has 2 rings (SSSR count). The Kier molecular flexibility index (Phi) is 8.90. The van der Waals surface area contributed by atoms with E-state index >= 15 is 0 Å². The van der Waals surface area contributed by atoms with Gasteiger partial charge in [0.2, 0.25) is 0 Å². The van der Waals surface area contributed by atoms with Crippen molar-refractivity contribution < 1.29 is 9.84 Å². The standard InChI is InChI=1S/C24H33NO2/c1-4-5-6-7-8-9-16-27-23-15-12-21(24(26)17-23)18-25-22-13-10-20(11-14-22)19(2)3/h10-15,17-19,26H,4-9,16H2,1-3H3. The molecular formula is C24H33NO2. The first-order valence-electron chi connectivity index (χ1n) is 10.2. The predicted molar refractivity (Wildman–Crippen MR) is 115 cm³/mol. The van der Waals surface area contributed by atoms with Gasteiger partial charge < -0.3 is 9.84 Å². The van der Waals surface area contributed by atoms with Gasteiger partial charge in [0.25, 0.3) is 0 Å². The van der Waals surface area contributed by atoms with E-state index in [4.69, 9.17) is 4.74 Å². The van der Waals surface area contributed by atoms with Gasteiger partial charge in [-0.2, -0.15) is 0 Å². The first-order valence-corrected chi connectivity index (χ1v) is 10.2. The van der Waals surface area contributed by atoms with E-state index in [0.29, 0.717) is 23.8 Å². The Morgan fingerprint density at radius 1 is 0.963 bits per heavy atom. The van der Waals surface area contributed by atoms with Gasteiger partial charge in [0.1, 0.15) is 11.5 Å². The van der Waals surface area contributed by atoms with E-state index in [1.54, 1.807) is 12.3 Å². The van der Waals surface area contributed by atoms with Gasteiger partial charge in [-0.05, 0) is 42.2 Å². The Bertz CT molecular complexity index is 705. The van der Waals surface area contributed by atoms with Crippen LogP contribution in [0.15, 0.2) is 47.5 Å². The minimum absolute atomic E-state index is 0.193. The van der Waals surface area contributed by atoms with Gasteiger partial charge in [-0.3, -0.25) is 4.99 Å². The first-order chi connectivity index (χ1) is 13.1. The van der Waals surface area contributed by atoms with Crippen LogP contribution in [0.4, 0.5) is 5.69 Å². The van der Waals surface area contributed by atoms with Crippen molar-refractivity contribution in [3.05, 3.63) is 53.6 Å². The third-order valence-electron chi connectivity index (χ3n) is 4.68. The van der Waals surface area contributed by atoms with Crippen LogP contribution in [-0.2, 0) is 0 Å². The van der Waals surface area contributed by atoms with Gasteiger partial charge in [-0.25, -0.2) is 0 Å². The largest absolute Gasteiger partial charge is 0.507 e. The highest BCUT2D eigenvalue weighted by Crippen LogP contribution is 2.24. The molecule has 27 heavy (non-hydrogen) atoms. The second kappa shape index (κ2) is 11.4. The zero-order valence-electron chi connectivity index (χ0n) is 16.9. The second-order valence-electron chi connectivity index (χ2n) is 7.34. The fourth-order valence-electron chi connectivity index (χ4n) is 2.88. The molecule has 0 bridgehead atoms. The van der Waals surface area contributed by atoms with E-state index in [9.17, 15) is 5.11 Å². The third kappa shape index (κ3) is 7.46. The number of aromatic hydroxyl groups is 1. The van der Waals surface area contributed by atoms with Crippen LogP contribution in [0.3, 0.4) is 0 Å². The molecule has 0 spiro atoms. The van der Waals surface area contributed by atoms with E-state index in [1.807, 2.05) is 24.3 Å². The predicted octanol–water partition coefficient (Wildman–Crippen LogP) is 7.01. The minimum Gasteiger partial charge on any atom is -0.507 e. The van der Waals surface area contributed by atoms with Crippen LogP contribution in [0.1, 0.15) is 76.3 Å². The summed E-state index contributed by atoms with van der Waals surface area (Å²) in [5.41, 5.74) is 2.86. The van der Waals surface area contributed by atoms with Gasteiger partial charge in [-0.15, -0.1) is 0 Å². The van der Waals surface area contributed by atoms with Gasteiger partial charge in [0.15, 0.2) is 0 Å². The summed E-state index contributed by atoms with van der Waals surface area (Å²) in [5, 5.41) is 10.2. The Morgan fingerprint density at radius 2 is 1.67 bits per heavy atom. The Labute approximate surface area is 164 Å². The molecule has 0 saturated carbocycles. The average Bonchev–Trinajstić information content (AvgIpc) is 2.67. The van der Waals surface area contributed by atoms with Crippen molar-refractivity contribution in [2.24, 2.45) is 4.99 Å². The SMILES string of the molecule is CCCCCCCCOc1ccc(C=Nc2ccc(C(C)C)cc2)c(O)c1. The molecule has 0 fully saturated rings. The van der Waals surface area contributed by atoms with Gasteiger partial charge in [0, 0.05) is 17.8 Å². The monoisotopic (exact) mass is 367 g/mol. The normalized spacial score (nSPS) is 11.4. The summed E-state index contributed by atoms with van der Waals surface area (Å²) in [6.45, 7) is 7.27. The van der Waals surface area contributed by atoms with Crippen LogP contribution in [-0.4, -0.2) is 17.9 Å². The zero-order chi connectivity index (χ0) is 19.5. The maximum atomic E-state index is 10.2. The highest BCUT2D eigenvalue weighted by molar-refractivity contribution is 5.85. The number of ether oxygens (including phenoxy) is 1. The van der Waals surface area contributed by atoms with Gasteiger partial charge in [0.05, 0.1) is 12.3 Å². The van der Waals surface area contributed by atoms with Gasteiger partial charge in [-0.1, -0.05) is 65.0 Å². The van der Waals surface area contributed by atoms with Crippen LogP contribution in [0.25, 0.3) is 0 Å². The number of phenols is 1. The fraction of sp³-hybridized carbons (Fsp3) is 0.458. The first kappa shape index (κ1) is 21.0. The summed E-state index contributed by atoms with van der Waals surface area (Å²) in [6, 6.07) is 13.6. The molecule has 0 amide bonds. The molecule has 1 N–H and O–H groups in total. The number of unbranched alkanes of at least 4 members (excludes halogenated alkanes) is 5. The summed E-state index contributed by atoms with van der Waals surface area (Å²) in [7, 11) is 0. The van der Waals surface area contributed by atoms with Crippen LogP contribution < -0.4 is 4.74 Å². The van der Waals surface area contributed by atoms with Crippen LogP contribution in [0, 0.1) is 0 Å². The Hall–Kier alpha value is -2.29. The molecule has 146 valence electrons. The Morgan fingerprint density at radius 3 is 2.33 bits per heavy atom. The summed E-state index contributed by atoms with van der Waals surface area (Å²) >= 11 is 0. The Balaban J connectivity index is 1.83. The lowest BCUT2D eigenvalue weighted by Gasteiger charge is -2.08. The molecule has 0 atom stereocenters. The molecule has 0 aliphatic rings. The van der Waals surface area contributed by atoms with Crippen molar-refractivity contribution in [1.29, 1.82) is 0 Å². The molecule has 2 aromatic rings. The van der Waals surface area contributed by atoms with Crippen LogP contribution in [0.2, 0.25) is 0 Å². The van der Waals surface area contributed by atoms with Crippen molar-refractivity contribution in [3.8, 4) is 11.5 Å². The quantitative estimate of drug-likeness (QED) is 0.343. The lowest BCUT2D eigenvalue weighted by Crippen LogP contribution is -1.97. The summed E-state index contributed by atoms with van der Waals surface area (Å²) in [6.07, 6.45) is 9.12. The number of nitrogens with zero attached hydrogens (tertiary/aromatic N) is 1. The van der Waals surface area contributed by atoms with E-state index in [0.717, 1.165) is 12.1 Å². The topological polar surface area (TPSA) is 41.8 Å². The van der Waals surface area contributed by atoms with Gasteiger partial charge >= 0.3 is 0 Å². The summed E-state index contributed by atoms with van der Waals surface area (Å²) < 4.78 is 5.74. The fourth-order valence-corrected chi connectivity index (χ4v) is 2.88. The number of benzene rings is 2. The van der Waals surface area contributed by atoms with Crippen molar-refractivity contribution in [1.82, 2.24) is 0 Å². The number of phenolic OH excluding ortho intramolecular Hbond substituents is 1. The number of hydrogen-bond donors (Lipinski definition) is 1. The molecule has 2 aromatic carbocycles. The van der Waals surface area contributed by atoms with Crippen molar-refractivity contribution in [3.63, 3.8) is 0 Å². The maximum Gasteiger partial charge on any atom is 0.128 e. The molecule has 0 unspecified atom stereocenters. The van der Waals surface area contributed by atoms with Crippen molar-refractivity contribution in [2.45, 2.75) is 65.2 Å². The molecule has 0 saturated heterocycles. The molecule has 0 aromatic heterocycles. The molecule has 3 nitrogen and oxygen atoms in total. The average molecular weight is 368 g/mol. The lowest BCUT2D eigenvalue weighted by molar-refractivity contribution is 0.302. The molecule has 0 aliphatic heterocycles. The van der Waals surface area contributed by atoms with E-state index in [2.05, 4.69) is 37.9 Å². The molecule has 0 heterocycles. The van der Waals surface area contributed by atoms with Crippen LogP contribution in [0.5, 0.6) is 11.5 Å². The highest BCUT2D eigenvalue weighted by Gasteiger charge is 2.03. The van der Waals surface area contributed by atoms with Crippen LogP contribution >= 0.6 is 0 Å². The molecular weight excluding hydrogens is 334 g/mol. The third-order valence-corrected chi connectivity index (χ3v) is 4.68. The minimum atomic E-state index is 0.193. The summed E-state index contributed by atoms with van der Waals surface area (Å²) in [4.78, 5) is 4.45. The van der Waals surface area contributed by atoms with Crippen molar-refractivity contribution >= 4 is 11.9 Å². The van der Waals surface area contributed by atoms with Crippen molar-refractivity contribution in [2.75, 3.05) is 6.61 Å². The number of hydrogen-bond acceptors (Lipinski definition) is 3. The molecule has 0 aliphatic carbocycles. The second-order valence-corrected chi connectivity index (χ2v) is 7.34. The maximum absolute atomic E-state index is 10.2. The molecule has 0 radical (unpaired) electrons. The highest BCUT2D eigenvalue weighted by atomic mass is 16.5. The lowest BCUT2D eigenvalue weighted by atomic mass is 10.0. The smallest absolute Gasteiger partial charge is 0.128 e. The number of aliphatic imine (C=N–C) groups is 1. The van der Waals surface area contributed by atoms with E-state index < -0.39 is 0 Å². The summed E-state index contributed by atoms with van der Waals surface area (Å²) in [5.74, 6) is 1.41.